The van der Waals surface area contributed by atoms with Crippen molar-refractivity contribution in [3.8, 4) is 0 Å². The second kappa shape index (κ2) is 10.3. The molecule has 0 radical (unpaired) electrons. The number of sulfone groups is 1. The summed E-state index contributed by atoms with van der Waals surface area (Å²) in [7, 11) is -5.97. The molecule has 8 nitrogen and oxygen atoms in total. The van der Waals surface area contributed by atoms with Crippen molar-refractivity contribution >= 4 is 24.2 Å². The van der Waals surface area contributed by atoms with E-state index in [9.17, 15) is 13.2 Å². The molecule has 1 saturated carbocycles. The van der Waals surface area contributed by atoms with Crippen LogP contribution in [0.2, 0.25) is 18.1 Å². The highest BCUT2D eigenvalue weighted by Crippen LogP contribution is 2.40. The molecule has 1 aromatic heterocycles. The van der Waals surface area contributed by atoms with E-state index in [0.29, 0.717) is 12.3 Å². The van der Waals surface area contributed by atoms with Crippen molar-refractivity contribution in [2.75, 3.05) is 6.26 Å². The molecule has 1 aromatic rings. The molecule has 1 N–H and O–H groups in total. The van der Waals surface area contributed by atoms with Gasteiger partial charge in [0.05, 0.1) is 6.04 Å². The molecule has 1 fully saturated rings. The van der Waals surface area contributed by atoms with Gasteiger partial charge in [0.25, 0.3) is 0 Å². The molecule has 1 amide bonds. The molecule has 0 saturated heterocycles. The van der Waals surface area contributed by atoms with Gasteiger partial charge in [0.15, 0.2) is 8.32 Å². The van der Waals surface area contributed by atoms with Gasteiger partial charge < -0.3 is 8.84 Å². The number of hydrogen-bond donors (Lipinski definition) is 1. The van der Waals surface area contributed by atoms with Gasteiger partial charge >= 0.3 is 17.1 Å². The van der Waals surface area contributed by atoms with Gasteiger partial charge in [-0.1, -0.05) is 41.0 Å². The van der Waals surface area contributed by atoms with E-state index in [1.54, 1.807) is 0 Å². The van der Waals surface area contributed by atoms with Gasteiger partial charge in [-0.05, 0) is 72.4 Å². The summed E-state index contributed by atoms with van der Waals surface area (Å²) in [6, 6.07) is -0.399. The fraction of sp³-hybridized carbons (Fsp3) is 0.864. The van der Waals surface area contributed by atoms with Crippen molar-refractivity contribution in [3.05, 3.63) is 5.89 Å². The Hall–Kier alpha value is -1.26. The molecule has 1 heterocycles. The Balaban J connectivity index is 2.46. The molecule has 0 aromatic carbocycles. The number of carbonyl (C=O) groups excluding carboxylic acids is 1. The van der Waals surface area contributed by atoms with Gasteiger partial charge in [-0.25, -0.2) is 13.7 Å². The van der Waals surface area contributed by atoms with E-state index in [1.165, 1.54) is 6.42 Å². The number of carbonyl (C=O) groups is 1. The van der Waals surface area contributed by atoms with Crippen molar-refractivity contribution < 1.29 is 26.7 Å². The molecule has 1 atom stereocenters. The molecule has 0 spiro atoms. The Morgan fingerprint density at radius 1 is 1.22 bits per heavy atom. The van der Waals surface area contributed by atoms with Gasteiger partial charge in [0.2, 0.25) is 9.84 Å². The van der Waals surface area contributed by atoms with Gasteiger partial charge in [-0.3, -0.25) is 0 Å². The molecule has 0 bridgehead atoms. The quantitative estimate of drug-likeness (QED) is 0.418. The summed E-state index contributed by atoms with van der Waals surface area (Å²) in [5.41, 5.74) is 0. The molecular formula is C22H42N3O5SSi+. The highest BCUT2D eigenvalue weighted by atomic mass is 32.2. The van der Waals surface area contributed by atoms with Crippen LogP contribution in [0.25, 0.3) is 0 Å². The van der Waals surface area contributed by atoms with Crippen molar-refractivity contribution in [1.29, 1.82) is 0 Å². The lowest BCUT2D eigenvalue weighted by molar-refractivity contribution is -0.651. The van der Waals surface area contributed by atoms with Crippen LogP contribution in [0.15, 0.2) is 9.64 Å². The Kier molecular flexibility index (Phi) is 8.72. The third-order valence-corrected chi connectivity index (χ3v) is 11.8. The van der Waals surface area contributed by atoms with Crippen LogP contribution in [0.5, 0.6) is 0 Å². The van der Waals surface area contributed by atoms with Crippen LogP contribution in [0.1, 0.15) is 91.6 Å². The minimum atomic E-state index is -3.73. The van der Waals surface area contributed by atoms with E-state index in [4.69, 9.17) is 8.84 Å². The van der Waals surface area contributed by atoms with Gasteiger partial charge in [0.1, 0.15) is 6.10 Å². The molecule has 32 heavy (non-hydrogen) atoms. The summed E-state index contributed by atoms with van der Waals surface area (Å²) in [6.45, 7) is 14.9. The van der Waals surface area contributed by atoms with Gasteiger partial charge in [0, 0.05) is 6.26 Å². The average Bonchev–Trinajstić information content (AvgIpc) is 3.11. The monoisotopic (exact) mass is 488 g/mol. The molecular weight excluding hydrogens is 446 g/mol. The van der Waals surface area contributed by atoms with Gasteiger partial charge in [-0.15, -0.1) is 0 Å². The molecule has 0 aliphatic heterocycles. The number of amides is 1. The van der Waals surface area contributed by atoms with Crippen LogP contribution in [-0.2, 0) is 14.3 Å². The smallest absolute Gasteiger partial charge is 0.403 e. The summed E-state index contributed by atoms with van der Waals surface area (Å²) in [5.74, 6) is 0.576. The van der Waals surface area contributed by atoms with E-state index < -0.39 is 35.5 Å². The molecule has 184 valence electrons. The average molecular weight is 489 g/mol. The molecule has 1 aliphatic carbocycles. The summed E-state index contributed by atoms with van der Waals surface area (Å²) in [4.78, 5) is 13.2. The Bertz CT molecular complexity index is 884. The number of hydrogen-bond acceptors (Lipinski definition) is 6. The zero-order valence-corrected chi connectivity index (χ0v) is 22.8. The normalized spacial score (nSPS) is 17.5. The fourth-order valence-corrected chi connectivity index (χ4v) is 5.26. The summed E-state index contributed by atoms with van der Waals surface area (Å²) in [5, 5.41) is 6.57. The zero-order valence-electron chi connectivity index (χ0n) is 21.0. The number of aromatic nitrogens is 2. The second-order valence-corrected chi connectivity index (χ2v) is 17.7. The number of nitrogens with zero attached hydrogens (tertiary/aromatic N) is 2. The largest absolute Gasteiger partial charge is 0.520 e. The van der Waals surface area contributed by atoms with Crippen LogP contribution in [-0.4, -0.2) is 40.2 Å². The first-order valence-electron chi connectivity index (χ1n) is 11.7. The first kappa shape index (κ1) is 27.0. The Morgan fingerprint density at radius 3 is 2.31 bits per heavy atom. The Morgan fingerprint density at radius 2 is 1.81 bits per heavy atom. The molecule has 10 heteroatoms. The van der Waals surface area contributed by atoms with E-state index in [2.05, 4.69) is 58.1 Å². The summed E-state index contributed by atoms with van der Waals surface area (Å²) >= 11 is 0. The lowest BCUT2D eigenvalue weighted by Crippen LogP contribution is -2.58. The minimum Gasteiger partial charge on any atom is -0.403 e. The fourth-order valence-electron chi connectivity index (χ4n) is 3.51. The van der Waals surface area contributed by atoms with E-state index in [0.717, 1.165) is 43.0 Å². The zero-order chi connectivity index (χ0) is 24.3. The minimum absolute atomic E-state index is 0.0576. The lowest BCUT2D eigenvalue weighted by Gasteiger charge is -2.38. The Labute approximate surface area is 194 Å². The highest BCUT2D eigenvalue weighted by Gasteiger charge is 2.44. The van der Waals surface area contributed by atoms with Crippen molar-refractivity contribution in [2.45, 2.75) is 115 Å². The second-order valence-electron chi connectivity index (χ2n) is 11.0. The van der Waals surface area contributed by atoms with E-state index >= 15 is 0 Å². The topological polar surface area (TPSA) is 102 Å². The summed E-state index contributed by atoms with van der Waals surface area (Å²) < 4.78 is 37.9. The van der Waals surface area contributed by atoms with Crippen LogP contribution >= 0.6 is 0 Å². The molecule has 2 rings (SSSR count). The van der Waals surface area contributed by atoms with Crippen LogP contribution in [0.4, 0.5) is 4.79 Å². The number of nitrogens with one attached hydrogen (secondary N) is 1. The van der Waals surface area contributed by atoms with Crippen molar-refractivity contribution in [3.63, 3.8) is 0 Å². The maximum absolute atomic E-state index is 13.2. The van der Waals surface area contributed by atoms with E-state index in [1.807, 2.05) is 0 Å². The highest BCUT2D eigenvalue weighted by molar-refractivity contribution is 7.90. The first-order valence-corrected chi connectivity index (χ1v) is 16.5. The lowest BCUT2D eigenvalue weighted by atomic mass is 9.96. The molecule has 1 aliphatic rings. The SMILES string of the molecule is CC(C)CCC(O[Si](C)(C)C(C)(C)C)c1oc(S(C)(=O)=O)n[n+]1C(=O)NC1CCCCC1. The maximum atomic E-state index is 13.2. The van der Waals surface area contributed by atoms with Crippen molar-refractivity contribution in [1.82, 2.24) is 10.4 Å². The summed E-state index contributed by atoms with van der Waals surface area (Å²) in [6.07, 6.45) is 7.07. The van der Waals surface area contributed by atoms with Crippen LogP contribution in [0.3, 0.4) is 0 Å². The van der Waals surface area contributed by atoms with Gasteiger partial charge in [-0.2, -0.15) is 4.79 Å². The standard InChI is InChI=1S/C22H41N3O5SSi/c1-16(2)14-15-18(30-32(7,8)22(3,4)5)19-25(24-21(29-19)31(6,27)28)20(26)23-17-12-10-9-11-13-17/h16-18H,9-15H2,1-8H3/p+1. The molecule has 1 unspecified atom stereocenters. The predicted octanol–water partition coefficient (Wildman–Crippen LogP) is 4.76. The van der Waals surface area contributed by atoms with Crippen molar-refractivity contribution in [2.24, 2.45) is 5.92 Å². The first-order chi connectivity index (χ1) is 14.6. The maximum Gasteiger partial charge on any atom is 0.520 e. The van der Waals surface area contributed by atoms with E-state index in [-0.39, 0.29) is 17.0 Å². The third kappa shape index (κ3) is 7.12. The van der Waals surface area contributed by atoms with Crippen LogP contribution < -0.4 is 10.00 Å². The third-order valence-electron chi connectivity index (χ3n) is 6.55. The van der Waals surface area contributed by atoms with Crippen LogP contribution in [0, 0.1) is 5.92 Å². The number of rotatable bonds is 8. The predicted molar refractivity (Wildman–Crippen MR) is 126 cm³/mol.